The molecule has 5 amide bonds. The minimum absolute atomic E-state index is 0.0644. The molecule has 7 nitrogen and oxygen atoms in total. The Morgan fingerprint density at radius 3 is 2.53 bits per heavy atom. The molecule has 0 aromatic rings. The number of amides is 5. The summed E-state index contributed by atoms with van der Waals surface area (Å²) < 4.78 is 0. The zero-order valence-electron chi connectivity index (χ0n) is 7.94. The van der Waals surface area contributed by atoms with Crippen molar-refractivity contribution in [2.24, 2.45) is 4.99 Å². The second-order valence-corrected chi connectivity index (χ2v) is 3.76. The average molecular weight is 231 g/mol. The Morgan fingerprint density at radius 2 is 1.93 bits per heavy atom. The predicted molar refractivity (Wildman–Crippen MR) is 50.5 cm³/mol. The van der Waals surface area contributed by atoms with Crippen LogP contribution >= 0.6 is 11.6 Å². The molecule has 8 heteroatoms. The van der Waals surface area contributed by atoms with Gasteiger partial charge in [0, 0.05) is 14.1 Å². The number of likely N-dealkylation sites (N-methyl/N-ethyl adjacent to an activating group) is 2. The van der Waals surface area contributed by atoms with Crippen molar-refractivity contribution in [1.29, 1.82) is 0 Å². The summed E-state index contributed by atoms with van der Waals surface area (Å²) in [6.45, 7) is 0. The number of nitrogens with one attached hydrogen (secondary N) is 1. The van der Waals surface area contributed by atoms with E-state index >= 15 is 0 Å². The van der Waals surface area contributed by atoms with Gasteiger partial charge in [0.1, 0.15) is 0 Å². The summed E-state index contributed by atoms with van der Waals surface area (Å²) in [5.74, 6) is -0.829. The second kappa shape index (κ2) is 2.69. The first-order valence-electron chi connectivity index (χ1n) is 4.04. The fourth-order valence-corrected chi connectivity index (χ4v) is 1.72. The van der Waals surface area contributed by atoms with Gasteiger partial charge in [-0.3, -0.25) is 19.9 Å². The lowest BCUT2D eigenvalue weighted by atomic mass is 10.2. The summed E-state index contributed by atoms with van der Waals surface area (Å²) >= 11 is 6.00. The number of imide groups is 1. The highest BCUT2D eigenvalue weighted by Crippen LogP contribution is 2.31. The quantitative estimate of drug-likeness (QED) is 0.453. The predicted octanol–water partition coefficient (Wildman–Crippen LogP) is -0.433. The van der Waals surface area contributed by atoms with Crippen molar-refractivity contribution in [2.75, 3.05) is 14.1 Å². The largest absolute Gasteiger partial charge is 0.347 e. The molecule has 0 bridgehead atoms. The Balaban J connectivity index is 2.56. The first-order valence-corrected chi connectivity index (χ1v) is 4.42. The number of nitrogens with zero attached hydrogens (tertiary/aromatic N) is 3. The third-order valence-corrected chi connectivity index (χ3v) is 2.98. The molecule has 15 heavy (non-hydrogen) atoms. The van der Waals surface area contributed by atoms with Crippen molar-refractivity contribution in [2.45, 2.75) is 5.00 Å². The van der Waals surface area contributed by atoms with Crippen LogP contribution < -0.4 is 5.32 Å². The van der Waals surface area contributed by atoms with Crippen LogP contribution in [0, 0.1) is 0 Å². The van der Waals surface area contributed by atoms with Gasteiger partial charge in [-0.1, -0.05) is 11.6 Å². The molecule has 80 valence electrons. The number of carbonyl (C=O) groups excluding carboxylic acids is 3. The maximum absolute atomic E-state index is 11.5. The average Bonchev–Trinajstić information content (AvgIpc) is 2.41. The number of urea groups is 2. The summed E-state index contributed by atoms with van der Waals surface area (Å²) in [4.78, 5) is 37.9. The maximum atomic E-state index is 11.5. The Bertz CT molecular complexity index is 420. The molecule has 0 saturated carbocycles. The van der Waals surface area contributed by atoms with Crippen LogP contribution in [0.3, 0.4) is 0 Å². The summed E-state index contributed by atoms with van der Waals surface area (Å²) in [5.41, 5.74) is 0. The highest BCUT2D eigenvalue weighted by Gasteiger charge is 2.58. The van der Waals surface area contributed by atoms with Crippen LogP contribution in [0.15, 0.2) is 4.99 Å². The summed E-state index contributed by atoms with van der Waals surface area (Å²) in [5, 5.41) is 2.03. The van der Waals surface area contributed by atoms with E-state index in [0.717, 1.165) is 9.80 Å². The number of hydrogen-bond donors (Lipinski definition) is 1. The van der Waals surface area contributed by atoms with E-state index in [-0.39, 0.29) is 5.84 Å². The van der Waals surface area contributed by atoms with Crippen molar-refractivity contribution in [3.63, 3.8) is 0 Å². The summed E-state index contributed by atoms with van der Waals surface area (Å²) in [7, 11) is 2.72. The Kier molecular flexibility index (Phi) is 1.78. The van der Waals surface area contributed by atoms with E-state index in [9.17, 15) is 14.4 Å². The normalized spacial score (nSPS) is 30.3. The van der Waals surface area contributed by atoms with E-state index in [1.807, 2.05) is 5.32 Å². The molecule has 1 N–H and O–H groups in total. The second-order valence-electron chi connectivity index (χ2n) is 3.22. The summed E-state index contributed by atoms with van der Waals surface area (Å²) in [6, 6.07) is -1.31. The smallest absolute Gasteiger partial charge is 0.292 e. The van der Waals surface area contributed by atoms with Gasteiger partial charge in [-0.2, -0.15) is 4.99 Å². The fraction of sp³-hybridized carbons (Fsp3) is 0.429. The standard InChI is InChI=1S/C7H7ClN4O3/c1-11-3-7(8,4(13)10-5(11)14)12(2)6(15)9-3/h1-2H3,(H,10,13,14). The molecule has 1 fully saturated rings. The van der Waals surface area contributed by atoms with Crippen LogP contribution in [0.25, 0.3) is 0 Å². The highest BCUT2D eigenvalue weighted by atomic mass is 35.5. The van der Waals surface area contributed by atoms with Crippen LogP contribution in [0.4, 0.5) is 9.59 Å². The molecular formula is C7H7ClN4O3. The SMILES string of the molecule is CN1C(=O)NC(=O)C2(Cl)C1=NC(=O)N2C. The van der Waals surface area contributed by atoms with Crippen molar-refractivity contribution in [1.82, 2.24) is 15.1 Å². The lowest BCUT2D eigenvalue weighted by Crippen LogP contribution is -2.67. The van der Waals surface area contributed by atoms with Gasteiger partial charge in [-0.25, -0.2) is 9.59 Å². The minimum Gasteiger partial charge on any atom is -0.292 e. The molecule has 0 radical (unpaired) electrons. The molecule has 1 unspecified atom stereocenters. The van der Waals surface area contributed by atoms with Crippen LogP contribution in [-0.4, -0.2) is 52.7 Å². The Labute approximate surface area is 89.7 Å². The topological polar surface area (TPSA) is 82.1 Å². The highest BCUT2D eigenvalue weighted by molar-refractivity contribution is 6.52. The molecule has 2 aliphatic heterocycles. The molecule has 1 saturated heterocycles. The molecule has 0 spiro atoms. The van der Waals surface area contributed by atoms with Gasteiger partial charge in [-0.05, 0) is 0 Å². The Hall–Kier alpha value is -1.63. The molecular weight excluding hydrogens is 224 g/mol. The van der Waals surface area contributed by atoms with Gasteiger partial charge >= 0.3 is 12.1 Å². The van der Waals surface area contributed by atoms with Crippen LogP contribution in [0.1, 0.15) is 0 Å². The third kappa shape index (κ3) is 1.01. The first kappa shape index (κ1) is 9.91. The number of hydrogen-bond acceptors (Lipinski definition) is 3. The van der Waals surface area contributed by atoms with Crippen molar-refractivity contribution in [3.8, 4) is 0 Å². The lowest BCUT2D eigenvalue weighted by molar-refractivity contribution is -0.124. The fourth-order valence-electron chi connectivity index (χ4n) is 1.43. The lowest BCUT2D eigenvalue weighted by Gasteiger charge is -2.35. The molecule has 1 atom stereocenters. The van der Waals surface area contributed by atoms with Crippen molar-refractivity contribution in [3.05, 3.63) is 0 Å². The number of alkyl halides is 1. The van der Waals surface area contributed by atoms with Gasteiger partial charge in [0.2, 0.25) is 0 Å². The van der Waals surface area contributed by atoms with E-state index in [1.165, 1.54) is 14.1 Å². The third-order valence-electron chi connectivity index (χ3n) is 2.39. The number of rotatable bonds is 0. The van der Waals surface area contributed by atoms with E-state index in [4.69, 9.17) is 11.6 Å². The molecule has 2 rings (SSSR count). The van der Waals surface area contributed by atoms with Gasteiger partial charge < -0.3 is 0 Å². The molecule has 0 aromatic carbocycles. The number of aliphatic imine (C=N–C) groups is 1. The number of amidine groups is 1. The number of fused-ring (bicyclic) bond motifs is 1. The summed E-state index contributed by atoms with van der Waals surface area (Å²) in [6.07, 6.45) is 0. The Morgan fingerprint density at radius 1 is 1.33 bits per heavy atom. The maximum Gasteiger partial charge on any atom is 0.347 e. The van der Waals surface area contributed by atoms with Crippen molar-refractivity contribution >= 4 is 35.4 Å². The van der Waals surface area contributed by atoms with Gasteiger partial charge in [-0.15, -0.1) is 0 Å². The van der Waals surface area contributed by atoms with E-state index < -0.39 is 23.0 Å². The van der Waals surface area contributed by atoms with Crippen molar-refractivity contribution < 1.29 is 14.4 Å². The zero-order chi connectivity index (χ0) is 11.4. The number of halogens is 1. The molecule has 0 aromatic heterocycles. The van der Waals surface area contributed by atoms with E-state index in [2.05, 4.69) is 4.99 Å². The monoisotopic (exact) mass is 230 g/mol. The van der Waals surface area contributed by atoms with Crippen LogP contribution in [0.5, 0.6) is 0 Å². The van der Waals surface area contributed by atoms with Crippen LogP contribution in [-0.2, 0) is 4.79 Å². The minimum atomic E-state index is -1.71. The van der Waals surface area contributed by atoms with Gasteiger partial charge in [0.25, 0.3) is 10.9 Å². The van der Waals surface area contributed by atoms with Crippen LogP contribution in [0.2, 0.25) is 0 Å². The molecule has 2 heterocycles. The first-order chi connectivity index (χ1) is 6.89. The van der Waals surface area contributed by atoms with Gasteiger partial charge in [0.05, 0.1) is 0 Å². The number of carbonyl (C=O) groups is 3. The van der Waals surface area contributed by atoms with E-state index in [1.54, 1.807) is 0 Å². The molecule has 2 aliphatic rings. The van der Waals surface area contributed by atoms with E-state index in [0.29, 0.717) is 0 Å². The zero-order valence-corrected chi connectivity index (χ0v) is 8.70. The molecule has 0 aliphatic carbocycles. The van der Waals surface area contributed by atoms with Gasteiger partial charge in [0.15, 0.2) is 5.84 Å².